The largest absolute Gasteiger partial charge is 0.494 e. The summed E-state index contributed by atoms with van der Waals surface area (Å²) in [4.78, 5) is 0. The van der Waals surface area contributed by atoms with Crippen molar-refractivity contribution in [2.45, 2.75) is 25.7 Å². The van der Waals surface area contributed by atoms with Crippen molar-refractivity contribution >= 4 is 0 Å². The summed E-state index contributed by atoms with van der Waals surface area (Å²) in [7, 11) is 0. The van der Waals surface area contributed by atoms with Crippen molar-refractivity contribution in [3.05, 3.63) is 59.9 Å². The first-order chi connectivity index (χ1) is 11.2. The third-order valence-electron chi connectivity index (χ3n) is 3.69. The van der Waals surface area contributed by atoms with Crippen LogP contribution in [0.3, 0.4) is 0 Å². The van der Waals surface area contributed by atoms with Gasteiger partial charge in [0.25, 0.3) is 0 Å². The smallest absolute Gasteiger partial charge is 0.123 e. The molecule has 124 valence electrons. The van der Waals surface area contributed by atoms with Crippen molar-refractivity contribution in [2.75, 3.05) is 19.8 Å². The molecule has 0 aliphatic carbocycles. The van der Waals surface area contributed by atoms with Gasteiger partial charge in [-0.15, -0.1) is 0 Å². The summed E-state index contributed by atoms with van der Waals surface area (Å²) >= 11 is 0. The number of hydrogen-bond acceptors (Lipinski definition) is 3. The molecular weight excluding hydrogens is 293 g/mol. The van der Waals surface area contributed by atoms with Gasteiger partial charge in [-0.2, -0.15) is 0 Å². The zero-order valence-corrected chi connectivity index (χ0v) is 13.5. The van der Waals surface area contributed by atoms with E-state index < -0.39 is 0 Å². The van der Waals surface area contributed by atoms with E-state index in [1.165, 1.54) is 6.07 Å². The second kappa shape index (κ2) is 9.16. The van der Waals surface area contributed by atoms with Gasteiger partial charge in [0.05, 0.1) is 13.2 Å². The molecule has 0 radical (unpaired) electrons. The van der Waals surface area contributed by atoms with Gasteiger partial charge in [-0.3, -0.25) is 0 Å². The third-order valence-corrected chi connectivity index (χ3v) is 3.69. The molecule has 0 amide bonds. The molecule has 0 spiro atoms. The average molecular weight is 317 g/mol. The summed E-state index contributed by atoms with van der Waals surface area (Å²) in [5.41, 5.74) is 6.77. The Bertz CT molecular complexity index is 603. The number of nitrogens with two attached hydrogens (primary N) is 1. The van der Waals surface area contributed by atoms with E-state index in [0.29, 0.717) is 19.8 Å². The molecule has 0 aromatic heterocycles. The predicted octanol–water partition coefficient (Wildman–Crippen LogP) is 4.13. The average Bonchev–Trinajstić information content (AvgIpc) is 2.56. The minimum atomic E-state index is -0.218. The molecule has 2 aromatic carbocycles. The maximum atomic E-state index is 13.3. The summed E-state index contributed by atoms with van der Waals surface area (Å²) in [6.07, 6.45) is 1.72. The Morgan fingerprint density at radius 1 is 1.04 bits per heavy atom. The van der Waals surface area contributed by atoms with Crippen molar-refractivity contribution in [3.8, 4) is 11.5 Å². The Kier molecular flexibility index (Phi) is 6.88. The van der Waals surface area contributed by atoms with Crippen LogP contribution in [0.15, 0.2) is 48.5 Å². The molecule has 3 nitrogen and oxygen atoms in total. The van der Waals surface area contributed by atoms with Crippen LogP contribution >= 0.6 is 0 Å². The number of ether oxygens (including phenoxy) is 2. The first-order valence-corrected chi connectivity index (χ1v) is 8.04. The van der Waals surface area contributed by atoms with Crippen LogP contribution in [0, 0.1) is 5.82 Å². The predicted molar refractivity (Wildman–Crippen MR) is 90.5 cm³/mol. The molecule has 23 heavy (non-hydrogen) atoms. The minimum absolute atomic E-state index is 0.157. The maximum Gasteiger partial charge on any atom is 0.123 e. The van der Waals surface area contributed by atoms with E-state index in [1.807, 2.05) is 37.3 Å². The van der Waals surface area contributed by atoms with Crippen molar-refractivity contribution < 1.29 is 13.9 Å². The van der Waals surface area contributed by atoms with E-state index in [4.69, 9.17) is 15.2 Å². The van der Waals surface area contributed by atoms with Crippen molar-refractivity contribution in [2.24, 2.45) is 5.73 Å². The molecule has 1 atom stereocenters. The fourth-order valence-corrected chi connectivity index (χ4v) is 2.52. The van der Waals surface area contributed by atoms with Gasteiger partial charge in [0.15, 0.2) is 0 Å². The van der Waals surface area contributed by atoms with Gasteiger partial charge < -0.3 is 15.2 Å². The molecule has 2 aromatic rings. The number of benzene rings is 2. The normalized spacial score (nSPS) is 12.0. The van der Waals surface area contributed by atoms with Crippen LogP contribution in [-0.4, -0.2) is 19.8 Å². The Labute approximate surface area is 137 Å². The molecule has 4 heteroatoms. The molecule has 2 N–H and O–H groups in total. The molecule has 0 heterocycles. The molecule has 1 unspecified atom stereocenters. The monoisotopic (exact) mass is 317 g/mol. The number of rotatable bonds is 9. The van der Waals surface area contributed by atoms with E-state index in [-0.39, 0.29) is 11.7 Å². The summed E-state index contributed by atoms with van der Waals surface area (Å²) in [5, 5.41) is 0. The minimum Gasteiger partial charge on any atom is -0.494 e. The molecular formula is C19H24FNO2. The Hall–Kier alpha value is -2.07. The second-order valence-electron chi connectivity index (χ2n) is 5.39. The maximum absolute atomic E-state index is 13.3. The van der Waals surface area contributed by atoms with Crippen molar-refractivity contribution in [1.29, 1.82) is 0 Å². The van der Waals surface area contributed by atoms with Gasteiger partial charge in [-0.1, -0.05) is 18.2 Å². The van der Waals surface area contributed by atoms with Crippen LogP contribution in [0.4, 0.5) is 4.39 Å². The Morgan fingerprint density at radius 2 is 1.78 bits per heavy atom. The zero-order valence-electron chi connectivity index (χ0n) is 13.5. The lowest BCUT2D eigenvalue weighted by Gasteiger charge is -2.15. The summed E-state index contributed by atoms with van der Waals surface area (Å²) in [6, 6.07) is 14.3. The van der Waals surface area contributed by atoms with Crippen molar-refractivity contribution in [1.82, 2.24) is 0 Å². The first kappa shape index (κ1) is 17.3. The quantitative estimate of drug-likeness (QED) is 0.707. The number of hydrogen-bond donors (Lipinski definition) is 1. The first-order valence-electron chi connectivity index (χ1n) is 8.04. The second-order valence-corrected chi connectivity index (χ2v) is 5.39. The van der Waals surface area contributed by atoms with Crippen molar-refractivity contribution in [3.63, 3.8) is 0 Å². The van der Waals surface area contributed by atoms with Gasteiger partial charge in [0.1, 0.15) is 17.3 Å². The molecule has 0 bridgehead atoms. The highest BCUT2D eigenvalue weighted by Gasteiger charge is 2.10. The molecule has 0 fully saturated rings. The van der Waals surface area contributed by atoms with Crippen LogP contribution in [0.5, 0.6) is 11.5 Å². The van der Waals surface area contributed by atoms with Crippen LogP contribution in [0.1, 0.15) is 31.2 Å². The summed E-state index contributed by atoms with van der Waals surface area (Å²) in [5.74, 6) is 1.55. The van der Waals surface area contributed by atoms with E-state index in [0.717, 1.165) is 29.9 Å². The topological polar surface area (TPSA) is 44.5 Å². The lowest BCUT2D eigenvalue weighted by Crippen LogP contribution is -2.14. The van der Waals surface area contributed by atoms with Gasteiger partial charge in [0, 0.05) is 6.07 Å². The zero-order chi connectivity index (χ0) is 16.5. The summed E-state index contributed by atoms with van der Waals surface area (Å²) in [6.45, 7) is 3.69. The standard InChI is InChI=1S/C19H24FNO2/c1-2-22-18-9-4-10-19(13-18)23-11-5-7-16(14-21)15-6-3-8-17(20)12-15/h3-4,6,8-10,12-13,16H,2,5,7,11,14,21H2,1H3. The number of halogens is 1. The molecule has 0 aliphatic heterocycles. The Morgan fingerprint density at radius 3 is 2.48 bits per heavy atom. The molecule has 2 rings (SSSR count). The van der Waals surface area contributed by atoms with Gasteiger partial charge in [0.2, 0.25) is 0 Å². The highest BCUT2D eigenvalue weighted by atomic mass is 19.1. The van der Waals surface area contributed by atoms with Gasteiger partial charge in [-0.25, -0.2) is 4.39 Å². The molecule has 0 aliphatic rings. The summed E-state index contributed by atoms with van der Waals surface area (Å²) < 4.78 is 24.5. The fourth-order valence-electron chi connectivity index (χ4n) is 2.52. The lowest BCUT2D eigenvalue weighted by molar-refractivity contribution is 0.296. The third kappa shape index (κ3) is 5.57. The highest BCUT2D eigenvalue weighted by molar-refractivity contribution is 5.32. The van der Waals surface area contributed by atoms with E-state index in [1.54, 1.807) is 12.1 Å². The van der Waals surface area contributed by atoms with Crippen LogP contribution < -0.4 is 15.2 Å². The van der Waals surface area contributed by atoms with Gasteiger partial charge >= 0.3 is 0 Å². The highest BCUT2D eigenvalue weighted by Crippen LogP contribution is 2.22. The van der Waals surface area contributed by atoms with Crippen LogP contribution in [-0.2, 0) is 0 Å². The molecule has 0 saturated carbocycles. The SMILES string of the molecule is CCOc1cccc(OCCCC(CN)c2cccc(F)c2)c1. The lowest BCUT2D eigenvalue weighted by atomic mass is 9.94. The van der Waals surface area contributed by atoms with Crippen LogP contribution in [0.2, 0.25) is 0 Å². The molecule has 0 saturated heterocycles. The van der Waals surface area contributed by atoms with E-state index in [9.17, 15) is 4.39 Å². The van der Waals surface area contributed by atoms with E-state index in [2.05, 4.69) is 0 Å². The fraction of sp³-hybridized carbons (Fsp3) is 0.368. The van der Waals surface area contributed by atoms with Gasteiger partial charge in [-0.05, 0) is 62.1 Å². The van der Waals surface area contributed by atoms with Crippen LogP contribution in [0.25, 0.3) is 0 Å². The Balaban J connectivity index is 1.80. The van der Waals surface area contributed by atoms with E-state index >= 15 is 0 Å².